The maximum atomic E-state index is 6.01. The van der Waals surface area contributed by atoms with Crippen LogP contribution in [0.1, 0.15) is 39.2 Å². The number of piperidine rings is 1. The molecule has 4 nitrogen and oxygen atoms in total. The van der Waals surface area contributed by atoms with E-state index in [-0.39, 0.29) is 24.0 Å². The molecule has 1 aromatic carbocycles. The number of hydrogen-bond acceptors (Lipinski definition) is 2. The third-order valence-corrected chi connectivity index (χ3v) is 4.44. The number of rotatable bonds is 5. The van der Waals surface area contributed by atoms with Crippen molar-refractivity contribution in [3.63, 3.8) is 0 Å². The maximum absolute atomic E-state index is 6.01. The predicted molar refractivity (Wildman–Crippen MR) is 111 cm³/mol. The van der Waals surface area contributed by atoms with Crippen LogP contribution in [0, 0.1) is 5.92 Å². The second kappa shape index (κ2) is 10.1. The van der Waals surface area contributed by atoms with Crippen molar-refractivity contribution in [2.45, 2.75) is 46.1 Å². The lowest BCUT2D eigenvalue weighted by Gasteiger charge is -2.34. The molecular formula is C18H31IN4. The fourth-order valence-corrected chi connectivity index (χ4v) is 2.95. The van der Waals surface area contributed by atoms with Crippen molar-refractivity contribution in [1.29, 1.82) is 0 Å². The first kappa shape index (κ1) is 20.2. The van der Waals surface area contributed by atoms with Crippen LogP contribution in [0.5, 0.6) is 0 Å². The van der Waals surface area contributed by atoms with Crippen molar-refractivity contribution in [2.75, 3.05) is 25.0 Å². The third-order valence-electron chi connectivity index (χ3n) is 4.44. The van der Waals surface area contributed by atoms with Crippen molar-refractivity contribution in [3.8, 4) is 0 Å². The standard InChI is InChI=1S/C18H30N4.HI/c1-4-15-7-9-17(10-8-15)21-18(19)20-12-16-6-5-11-22(13-16)14(2)3;/h7-10,14,16H,4-6,11-13H2,1-3H3,(H3,19,20,21);1H. The van der Waals surface area contributed by atoms with Crippen LogP contribution in [0.4, 0.5) is 5.69 Å². The molecule has 1 fully saturated rings. The smallest absolute Gasteiger partial charge is 0.193 e. The van der Waals surface area contributed by atoms with Gasteiger partial charge >= 0.3 is 0 Å². The number of hydrogen-bond donors (Lipinski definition) is 2. The van der Waals surface area contributed by atoms with Crippen molar-refractivity contribution >= 4 is 35.6 Å². The topological polar surface area (TPSA) is 53.6 Å². The summed E-state index contributed by atoms with van der Waals surface area (Å²) in [5.74, 6) is 1.14. The molecule has 0 radical (unpaired) electrons. The Bertz CT molecular complexity index is 484. The van der Waals surface area contributed by atoms with Crippen molar-refractivity contribution < 1.29 is 0 Å². The first-order valence-electron chi connectivity index (χ1n) is 8.48. The van der Waals surface area contributed by atoms with Gasteiger partial charge in [0.25, 0.3) is 0 Å². The molecule has 0 saturated carbocycles. The normalized spacial score (nSPS) is 19.5. The summed E-state index contributed by atoms with van der Waals surface area (Å²) in [5, 5.41) is 3.18. The van der Waals surface area contributed by atoms with E-state index in [9.17, 15) is 0 Å². The molecule has 0 bridgehead atoms. The van der Waals surface area contributed by atoms with E-state index in [1.807, 2.05) is 0 Å². The van der Waals surface area contributed by atoms with E-state index in [1.54, 1.807) is 0 Å². The van der Waals surface area contributed by atoms with Gasteiger partial charge in [-0.2, -0.15) is 0 Å². The molecule has 1 unspecified atom stereocenters. The molecule has 1 aliphatic rings. The molecule has 130 valence electrons. The lowest BCUT2D eigenvalue weighted by Crippen LogP contribution is -2.41. The minimum absolute atomic E-state index is 0. The first-order valence-corrected chi connectivity index (χ1v) is 8.48. The quantitative estimate of drug-likeness (QED) is 0.426. The molecule has 1 aromatic rings. The summed E-state index contributed by atoms with van der Waals surface area (Å²) in [6, 6.07) is 8.98. The zero-order chi connectivity index (χ0) is 15.9. The van der Waals surface area contributed by atoms with Crippen LogP contribution in [0.15, 0.2) is 29.3 Å². The van der Waals surface area contributed by atoms with Crippen molar-refractivity contribution in [3.05, 3.63) is 29.8 Å². The molecule has 5 heteroatoms. The van der Waals surface area contributed by atoms with Crippen LogP contribution < -0.4 is 11.1 Å². The summed E-state index contributed by atoms with van der Waals surface area (Å²) in [5.41, 5.74) is 8.35. The SMILES string of the molecule is CCc1ccc(NC(N)=NCC2CCCN(C(C)C)C2)cc1.I. The first-order chi connectivity index (χ1) is 10.6. The fraction of sp³-hybridized carbons (Fsp3) is 0.611. The number of nitrogens with zero attached hydrogens (tertiary/aromatic N) is 2. The highest BCUT2D eigenvalue weighted by atomic mass is 127. The number of nitrogens with two attached hydrogens (primary N) is 1. The average Bonchev–Trinajstić information content (AvgIpc) is 2.54. The molecule has 0 aromatic heterocycles. The molecule has 0 amide bonds. The van der Waals surface area contributed by atoms with Gasteiger partial charge in [-0.3, -0.25) is 4.99 Å². The van der Waals surface area contributed by atoms with Gasteiger partial charge in [-0.05, 0) is 63.3 Å². The summed E-state index contributed by atoms with van der Waals surface area (Å²) in [4.78, 5) is 7.07. The van der Waals surface area contributed by atoms with E-state index < -0.39 is 0 Å². The predicted octanol–water partition coefficient (Wildman–Crippen LogP) is 3.71. The molecule has 23 heavy (non-hydrogen) atoms. The molecule has 1 heterocycles. The Balaban J connectivity index is 0.00000264. The summed E-state index contributed by atoms with van der Waals surface area (Å²) in [6.45, 7) is 9.86. The minimum atomic E-state index is 0. The van der Waals surface area contributed by atoms with Gasteiger partial charge in [0.1, 0.15) is 0 Å². The third kappa shape index (κ3) is 6.67. The van der Waals surface area contributed by atoms with Gasteiger partial charge in [0, 0.05) is 24.8 Å². The van der Waals surface area contributed by atoms with E-state index in [4.69, 9.17) is 5.73 Å². The van der Waals surface area contributed by atoms with Gasteiger partial charge in [-0.1, -0.05) is 19.1 Å². The molecule has 1 atom stereocenters. The Morgan fingerprint density at radius 2 is 2.04 bits per heavy atom. The fourth-order valence-electron chi connectivity index (χ4n) is 2.95. The largest absolute Gasteiger partial charge is 0.370 e. The zero-order valence-electron chi connectivity index (χ0n) is 14.6. The minimum Gasteiger partial charge on any atom is -0.370 e. The molecule has 1 saturated heterocycles. The number of anilines is 1. The maximum Gasteiger partial charge on any atom is 0.193 e. The van der Waals surface area contributed by atoms with E-state index in [0.717, 1.165) is 25.2 Å². The van der Waals surface area contributed by atoms with Crippen molar-refractivity contribution in [2.24, 2.45) is 16.6 Å². The number of likely N-dealkylation sites (tertiary alicyclic amines) is 1. The molecule has 1 aliphatic heterocycles. The number of halogens is 1. The number of nitrogens with one attached hydrogen (secondary N) is 1. The number of benzene rings is 1. The van der Waals surface area contributed by atoms with Gasteiger partial charge in [0.15, 0.2) is 5.96 Å². The highest BCUT2D eigenvalue weighted by molar-refractivity contribution is 14.0. The van der Waals surface area contributed by atoms with E-state index >= 15 is 0 Å². The van der Waals surface area contributed by atoms with Gasteiger partial charge in [-0.15, -0.1) is 24.0 Å². The number of aliphatic imine (C=N–C) groups is 1. The Hall–Kier alpha value is -0.820. The zero-order valence-corrected chi connectivity index (χ0v) is 16.9. The molecule has 0 spiro atoms. The Morgan fingerprint density at radius 3 is 2.65 bits per heavy atom. The Morgan fingerprint density at radius 1 is 1.35 bits per heavy atom. The van der Waals surface area contributed by atoms with Crippen LogP contribution in [0.2, 0.25) is 0 Å². The van der Waals surface area contributed by atoms with Gasteiger partial charge in [0.2, 0.25) is 0 Å². The summed E-state index contributed by atoms with van der Waals surface area (Å²) >= 11 is 0. The second-order valence-electron chi connectivity index (χ2n) is 6.50. The summed E-state index contributed by atoms with van der Waals surface area (Å²) < 4.78 is 0. The number of aryl methyl sites for hydroxylation is 1. The monoisotopic (exact) mass is 430 g/mol. The lowest BCUT2D eigenvalue weighted by atomic mass is 9.97. The van der Waals surface area contributed by atoms with Crippen LogP contribution in [0.3, 0.4) is 0 Å². The molecular weight excluding hydrogens is 399 g/mol. The molecule has 3 N–H and O–H groups in total. The summed E-state index contributed by atoms with van der Waals surface area (Å²) in [7, 11) is 0. The lowest BCUT2D eigenvalue weighted by molar-refractivity contribution is 0.143. The van der Waals surface area contributed by atoms with Crippen LogP contribution in [-0.4, -0.2) is 36.5 Å². The molecule has 2 rings (SSSR count). The van der Waals surface area contributed by atoms with Gasteiger partial charge < -0.3 is 16.0 Å². The van der Waals surface area contributed by atoms with Crippen LogP contribution >= 0.6 is 24.0 Å². The van der Waals surface area contributed by atoms with Gasteiger partial charge in [0.05, 0.1) is 0 Å². The highest BCUT2D eigenvalue weighted by Crippen LogP contribution is 2.18. The summed E-state index contributed by atoms with van der Waals surface area (Å²) in [6.07, 6.45) is 3.58. The van der Waals surface area contributed by atoms with E-state index in [0.29, 0.717) is 17.9 Å². The number of guanidine groups is 1. The second-order valence-corrected chi connectivity index (χ2v) is 6.50. The van der Waals surface area contributed by atoms with E-state index in [2.05, 4.69) is 60.2 Å². The van der Waals surface area contributed by atoms with Crippen molar-refractivity contribution in [1.82, 2.24) is 4.90 Å². The van der Waals surface area contributed by atoms with Crippen LogP contribution in [-0.2, 0) is 6.42 Å². The highest BCUT2D eigenvalue weighted by Gasteiger charge is 2.21. The van der Waals surface area contributed by atoms with Crippen LogP contribution in [0.25, 0.3) is 0 Å². The van der Waals surface area contributed by atoms with E-state index in [1.165, 1.54) is 24.9 Å². The Labute approximate surface area is 157 Å². The Kier molecular flexibility index (Phi) is 8.91. The van der Waals surface area contributed by atoms with Gasteiger partial charge in [-0.25, -0.2) is 0 Å². The molecule has 0 aliphatic carbocycles. The average molecular weight is 430 g/mol.